The molecule has 0 spiro atoms. The molecule has 0 aliphatic carbocycles. The summed E-state index contributed by atoms with van der Waals surface area (Å²) in [6, 6.07) is 0.605. The van der Waals surface area contributed by atoms with Crippen molar-refractivity contribution >= 4 is 5.71 Å². The fourth-order valence-electron chi connectivity index (χ4n) is 4.61. The van der Waals surface area contributed by atoms with Crippen molar-refractivity contribution in [2.75, 3.05) is 7.05 Å². The monoisotopic (exact) mass is 496 g/mol. The van der Waals surface area contributed by atoms with E-state index in [2.05, 4.69) is 76.6 Å². The molecule has 1 saturated heterocycles. The highest BCUT2D eigenvalue weighted by Crippen LogP contribution is 2.32. The molecule has 1 N–H and O–H groups in total. The van der Waals surface area contributed by atoms with Gasteiger partial charge >= 0.3 is 0 Å². The molecule has 2 rings (SSSR count). The van der Waals surface area contributed by atoms with Crippen molar-refractivity contribution in [3.8, 4) is 0 Å². The number of aliphatic imine (C=N–C) groups is 1. The first kappa shape index (κ1) is 31.4. The molecule has 36 heavy (non-hydrogen) atoms. The summed E-state index contributed by atoms with van der Waals surface area (Å²) in [6.45, 7) is 32.4. The minimum Gasteiger partial charge on any atom is -0.375 e. The minimum absolute atomic E-state index is 0.218. The Kier molecular flexibility index (Phi) is 10.9. The number of halogens is 1. The third kappa shape index (κ3) is 9.42. The lowest BCUT2D eigenvalue weighted by atomic mass is 9.79. The summed E-state index contributed by atoms with van der Waals surface area (Å²) in [5.41, 5.74) is 6.35. The Balaban J connectivity index is 0.000000381. The molecule has 2 aliphatic heterocycles. The molecule has 0 bridgehead atoms. The predicted molar refractivity (Wildman–Crippen MR) is 156 cm³/mol. The van der Waals surface area contributed by atoms with Gasteiger partial charge in [0.1, 0.15) is 5.83 Å². The largest absolute Gasteiger partial charge is 0.375 e. The van der Waals surface area contributed by atoms with Gasteiger partial charge in [-0.25, -0.2) is 4.39 Å². The maximum atomic E-state index is 14.0. The van der Waals surface area contributed by atoms with Crippen LogP contribution in [-0.2, 0) is 0 Å². The summed E-state index contributed by atoms with van der Waals surface area (Å²) in [4.78, 5) is 8.53. The molecule has 0 aromatic carbocycles. The van der Waals surface area contributed by atoms with Crippen molar-refractivity contribution in [1.29, 1.82) is 0 Å². The molecule has 0 aromatic heterocycles. The SMILES string of the molecule is C=C(C)N(C)C1CC(C)(C)NC(C)(C)C1.C=C/C(C)=C(/C)N=C(C)C1=CN(C=C(C)C)C(=C)C(F)=C1. The van der Waals surface area contributed by atoms with Crippen LogP contribution in [0.15, 0.2) is 88.9 Å². The second-order valence-corrected chi connectivity index (χ2v) is 11.6. The van der Waals surface area contributed by atoms with E-state index < -0.39 is 0 Å². The van der Waals surface area contributed by atoms with Gasteiger partial charge in [-0.1, -0.05) is 31.4 Å². The van der Waals surface area contributed by atoms with E-state index in [1.54, 1.807) is 11.0 Å². The number of rotatable bonds is 6. The third-order valence-corrected chi connectivity index (χ3v) is 6.49. The average Bonchev–Trinajstić information content (AvgIpc) is 2.73. The molecule has 200 valence electrons. The summed E-state index contributed by atoms with van der Waals surface area (Å²) < 4.78 is 14.0. The molecular formula is C31H49FN4. The fourth-order valence-corrected chi connectivity index (χ4v) is 4.61. The standard InChI is InChI=1S/C18H23FN2.C13H26N2/c1-8-13(4)14(5)20-15(6)17-9-18(19)16(7)21(11-17)10-12(2)3;1-10(2)15(7)11-8-12(3,4)14-13(5,6)9-11/h8-11H,1,7H2,2-6H3;11,14H,1,8-9H2,2-7H3/b14-13-,20-15?;. The van der Waals surface area contributed by atoms with Gasteiger partial charge in [0, 0.05) is 59.2 Å². The van der Waals surface area contributed by atoms with Gasteiger partial charge in [-0.15, -0.1) is 0 Å². The molecule has 0 aromatic rings. The zero-order valence-electron chi connectivity index (χ0n) is 24.6. The van der Waals surface area contributed by atoms with Crippen LogP contribution in [0.3, 0.4) is 0 Å². The number of allylic oxidation sites excluding steroid dienone is 8. The van der Waals surface area contributed by atoms with E-state index in [0.717, 1.165) is 33.8 Å². The van der Waals surface area contributed by atoms with Crippen molar-refractivity contribution < 1.29 is 4.39 Å². The van der Waals surface area contributed by atoms with Gasteiger partial charge < -0.3 is 15.1 Å². The number of nitrogens with zero attached hydrogens (tertiary/aromatic N) is 3. The lowest BCUT2D eigenvalue weighted by Gasteiger charge is -2.49. The van der Waals surface area contributed by atoms with Gasteiger partial charge in [0.05, 0.1) is 5.70 Å². The molecular weight excluding hydrogens is 447 g/mol. The molecule has 2 heterocycles. The third-order valence-electron chi connectivity index (χ3n) is 6.49. The highest BCUT2D eigenvalue weighted by molar-refractivity contribution is 6.01. The highest BCUT2D eigenvalue weighted by atomic mass is 19.1. The molecule has 0 radical (unpaired) electrons. The summed E-state index contributed by atoms with van der Waals surface area (Å²) in [5.74, 6) is -0.346. The van der Waals surface area contributed by atoms with E-state index in [0.29, 0.717) is 11.7 Å². The Morgan fingerprint density at radius 2 is 1.64 bits per heavy atom. The first-order chi connectivity index (χ1) is 16.4. The molecule has 0 atom stereocenters. The van der Waals surface area contributed by atoms with Crippen molar-refractivity contribution in [3.05, 3.63) is 83.9 Å². The van der Waals surface area contributed by atoms with Gasteiger partial charge in [0.25, 0.3) is 0 Å². The van der Waals surface area contributed by atoms with E-state index in [1.807, 2.05) is 47.0 Å². The zero-order chi connectivity index (χ0) is 28.0. The van der Waals surface area contributed by atoms with Crippen LogP contribution in [0.25, 0.3) is 0 Å². The molecule has 1 fully saturated rings. The normalized spacial score (nSPS) is 20.3. The van der Waals surface area contributed by atoms with Crippen LogP contribution in [-0.4, -0.2) is 39.7 Å². The Bertz CT molecular complexity index is 997. The predicted octanol–water partition coefficient (Wildman–Crippen LogP) is 8.18. The molecule has 0 saturated carbocycles. The van der Waals surface area contributed by atoms with Gasteiger partial charge in [-0.3, -0.25) is 4.99 Å². The van der Waals surface area contributed by atoms with Crippen LogP contribution >= 0.6 is 0 Å². The first-order valence-corrected chi connectivity index (χ1v) is 12.6. The molecule has 2 aliphatic rings. The summed E-state index contributed by atoms with van der Waals surface area (Å²) in [6.07, 6.45) is 9.27. The second kappa shape index (κ2) is 12.5. The van der Waals surface area contributed by atoms with Gasteiger partial charge in [-0.05, 0) is 93.7 Å². The number of hydrogen-bond acceptors (Lipinski definition) is 4. The van der Waals surface area contributed by atoms with Gasteiger partial charge in [0.2, 0.25) is 0 Å². The Labute approximate surface area is 220 Å². The highest BCUT2D eigenvalue weighted by Gasteiger charge is 2.39. The van der Waals surface area contributed by atoms with E-state index in [9.17, 15) is 4.39 Å². The van der Waals surface area contributed by atoms with Crippen LogP contribution in [0, 0.1) is 0 Å². The van der Waals surface area contributed by atoms with Crippen LogP contribution in [0.2, 0.25) is 0 Å². The van der Waals surface area contributed by atoms with E-state index in [-0.39, 0.29) is 16.9 Å². The van der Waals surface area contributed by atoms with Crippen LogP contribution in [0.1, 0.15) is 82.1 Å². The number of piperidine rings is 1. The van der Waals surface area contributed by atoms with E-state index >= 15 is 0 Å². The number of hydrogen-bond donors (Lipinski definition) is 1. The maximum absolute atomic E-state index is 14.0. The van der Waals surface area contributed by atoms with Crippen molar-refractivity contribution in [1.82, 2.24) is 15.1 Å². The van der Waals surface area contributed by atoms with Crippen LogP contribution < -0.4 is 5.32 Å². The van der Waals surface area contributed by atoms with Gasteiger partial charge in [-0.2, -0.15) is 0 Å². The van der Waals surface area contributed by atoms with E-state index in [1.165, 1.54) is 18.9 Å². The van der Waals surface area contributed by atoms with Crippen LogP contribution in [0.4, 0.5) is 4.39 Å². The topological polar surface area (TPSA) is 30.9 Å². The number of nitrogens with one attached hydrogen (secondary N) is 1. The lowest BCUT2D eigenvalue weighted by molar-refractivity contribution is 0.0991. The van der Waals surface area contributed by atoms with Crippen molar-refractivity contribution in [2.45, 2.75) is 99.2 Å². The lowest BCUT2D eigenvalue weighted by Crippen LogP contribution is -2.61. The average molecular weight is 497 g/mol. The van der Waals surface area contributed by atoms with Gasteiger partial charge in [0.15, 0.2) is 0 Å². The molecule has 0 unspecified atom stereocenters. The minimum atomic E-state index is -0.346. The zero-order valence-corrected chi connectivity index (χ0v) is 24.6. The Morgan fingerprint density at radius 1 is 1.11 bits per heavy atom. The molecule has 0 amide bonds. The molecule has 4 nitrogen and oxygen atoms in total. The van der Waals surface area contributed by atoms with E-state index in [4.69, 9.17) is 0 Å². The Hall–Kier alpha value is -2.66. The summed E-state index contributed by atoms with van der Waals surface area (Å²) in [5, 5.41) is 3.70. The van der Waals surface area contributed by atoms with Crippen molar-refractivity contribution in [3.63, 3.8) is 0 Å². The Morgan fingerprint density at radius 3 is 2.08 bits per heavy atom. The smallest absolute Gasteiger partial charge is 0.147 e. The quantitative estimate of drug-likeness (QED) is 0.297. The molecule has 5 heteroatoms. The second-order valence-electron chi connectivity index (χ2n) is 11.6. The van der Waals surface area contributed by atoms with Crippen molar-refractivity contribution in [2.24, 2.45) is 4.99 Å². The fraction of sp³-hybridized carbons (Fsp3) is 0.516. The maximum Gasteiger partial charge on any atom is 0.147 e. The summed E-state index contributed by atoms with van der Waals surface area (Å²) in [7, 11) is 2.16. The van der Waals surface area contributed by atoms with Crippen LogP contribution in [0.5, 0.6) is 0 Å². The summed E-state index contributed by atoms with van der Waals surface area (Å²) >= 11 is 0. The first-order valence-electron chi connectivity index (χ1n) is 12.6.